The molecule has 0 saturated heterocycles. The predicted molar refractivity (Wildman–Crippen MR) is 79.0 cm³/mol. The Morgan fingerprint density at radius 1 is 1.05 bits per heavy atom. The van der Waals surface area contributed by atoms with Crippen molar-refractivity contribution < 1.29 is 15.0 Å². The summed E-state index contributed by atoms with van der Waals surface area (Å²) in [5.41, 5.74) is 2.61. The fraction of sp³-hybridized carbons (Fsp3) is 0.118. The average Bonchev–Trinajstić information content (AvgIpc) is 2.38. The molecule has 0 amide bonds. The maximum absolute atomic E-state index is 12.0. The zero-order valence-electron chi connectivity index (χ0n) is 11.4. The molecule has 0 heterocycles. The Morgan fingerprint density at radius 2 is 1.75 bits per heavy atom. The monoisotopic (exact) mass is 268 g/mol. The van der Waals surface area contributed by atoms with Gasteiger partial charge >= 0.3 is 0 Å². The van der Waals surface area contributed by atoms with Gasteiger partial charge < -0.3 is 10.2 Å². The number of ketones is 1. The topological polar surface area (TPSA) is 57.5 Å². The van der Waals surface area contributed by atoms with Gasteiger partial charge in [0.25, 0.3) is 0 Å². The van der Waals surface area contributed by atoms with E-state index in [9.17, 15) is 15.0 Å². The summed E-state index contributed by atoms with van der Waals surface area (Å²) in [6.45, 7) is 3.73. The summed E-state index contributed by atoms with van der Waals surface area (Å²) < 4.78 is 0. The molecular formula is C17H16O3. The Hall–Kier alpha value is -2.55. The summed E-state index contributed by atoms with van der Waals surface area (Å²) in [6.07, 6.45) is 1.12. The van der Waals surface area contributed by atoms with Crippen LogP contribution in [0.4, 0.5) is 0 Å². The SMILES string of the molecule is Cc1cccc(C(O)=CC(=O)c2ccc(C)cc2O)c1. The second-order valence-electron chi connectivity index (χ2n) is 4.78. The number of aromatic hydroxyl groups is 1. The molecule has 3 nitrogen and oxygen atoms in total. The Balaban J connectivity index is 2.32. The molecule has 0 aliphatic carbocycles. The van der Waals surface area contributed by atoms with Gasteiger partial charge in [-0.05, 0) is 37.6 Å². The standard InChI is InChI=1S/C17H16O3/c1-11-4-3-5-13(8-11)15(18)10-17(20)14-7-6-12(2)9-16(14)19/h3-10,18-19H,1-2H3. The lowest BCUT2D eigenvalue weighted by Gasteiger charge is -2.04. The lowest BCUT2D eigenvalue weighted by atomic mass is 10.0. The summed E-state index contributed by atoms with van der Waals surface area (Å²) >= 11 is 0. The van der Waals surface area contributed by atoms with Gasteiger partial charge in [-0.2, -0.15) is 0 Å². The van der Waals surface area contributed by atoms with E-state index >= 15 is 0 Å². The zero-order chi connectivity index (χ0) is 14.7. The van der Waals surface area contributed by atoms with E-state index in [0.717, 1.165) is 17.2 Å². The van der Waals surface area contributed by atoms with Crippen LogP contribution in [0.15, 0.2) is 48.5 Å². The van der Waals surface area contributed by atoms with Crippen LogP contribution in [0.5, 0.6) is 5.75 Å². The van der Waals surface area contributed by atoms with Crippen molar-refractivity contribution in [3.8, 4) is 5.75 Å². The molecule has 0 atom stereocenters. The van der Waals surface area contributed by atoms with Crippen molar-refractivity contribution in [3.05, 3.63) is 70.8 Å². The number of carbonyl (C=O) groups is 1. The van der Waals surface area contributed by atoms with Crippen LogP contribution < -0.4 is 0 Å². The minimum Gasteiger partial charge on any atom is -0.507 e. The van der Waals surface area contributed by atoms with Crippen LogP contribution in [0.1, 0.15) is 27.0 Å². The number of hydrogen-bond acceptors (Lipinski definition) is 3. The van der Waals surface area contributed by atoms with Gasteiger partial charge in [-0.3, -0.25) is 4.79 Å². The minimum absolute atomic E-state index is 0.0803. The fourth-order valence-corrected chi connectivity index (χ4v) is 1.94. The summed E-state index contributed by atoms with van der Waals surface area (Å²) in [5, 5.41) is 19.7. The number of phenols is 1. The smallest absolute Gasteiger partial charge is 0.193 e. The second kappa shape index (κ2) is 5.61. The molecule has 0 fully saturated rings. The van der Waals surface area contributed by atoms with E-state index in [0.29, 0.717) is 5.56 Å². The molecule has 0 radical (unpaired) electrons. The quantitative estimate of drug-likeness (QED) is 0.506. The molecule has 0 bridgehead atoms. The van der Waals surface area contributed by atoms with Gasteiger partial charge in [0.2, 0.25) is 0 Å². The van der Waals surface area contributed by atoms with E-state index in [2.05, 4.69) is 0 Å². The summed E-state index contributed by atoms with van der Waals surface area (Å²) in [4.78, 5) is 12.0. The van der Waals surface area contributed by atoms with E-state index in [1.807, 2.05) is 26.0 Å². The first-order chi connectivity index (χ1) is 9.47. The molecule has 2 aromatic carbocycles. The van der Waals surface area contributed by atoms with Crippen molar-refractivity contribution in [2.45, 2.75) is 13.8 Å². The van der Waals surface area contributed by atoms with Gasteiger partial charge in [0, 0.05) is 11.6 Å². The average molecular weight is 268 g/mol. The van der Waals surface area contributed by atoms with E-state index in [1.54, 1.807) is 24.3 Å². The summed E-state index contributed by atoms with van der Waals surface area (Å²) in [6, 6.07) is 12.0. The first kappa shape index (κ1) is 13.9. The number of aliphatic hydroxyl groups excluding tert-OH is 1. The maximum atomic E-state index is 12.0. The van der Waals surface area contributed by atoms with Crippen molar-refractivity contribution in [2.75, 3.05) is 0 Å². The second-order valence-corrected chi connectivity index (χ2v) is 4.78. The van der Waals surface area contributed by atoms with Gasteiger partial charge in [-0.25, -0.2) is 0 Å². The van der Waals surface area contributed by atoms with Gasteiger partial charge in [0.05, 0.1) is 5.56 Å². The molecular weight excluding hydrogens is 252 g/mol. The maximum Gasteiger partial charge on any atom is 0.193 e. The van der Waals surface area contributed by atoms with Crippen LogP contribution in [0.3, 0.4) is 0 Å². The molecule has 2 aromatic rings. The van der Waals surface area contributed by atoms with E-state index in [4.69, 9.17) is 0 Å². The number of phenolic OH excluding ortho intramolecular Hbond substituents is 1. The molecule has 0 spiro atoms. The molecule has 0 aromatic heterocycles. The Kier molecular flexibility index (Phi) is 3.89. The minimum atomic E-state index is -0.429. The molecule has 0 aliphatic rings. The number of aliphatic hydroxyl groups is 1. The largest absolute Gasteiger partial charge is 0.507 e. The zero-order valence-corrected chi connectivity index (χ0v) is 11.4. The molecule has 2 N–H and O–H groups in total. The van der Waals surface area contributed by atoms with Crippen molar-refractivity contribution in [1.29, 1.82) is 0 Å². The Labute approximate surface area is 117 Å². The van der Waals surface area contributed by atoms with Crippen molar-refractivity contribution in [1.82, 2.24) is 0 Å². The Morgan fingerprint density at radius 3 is 2.40 bits per heavy atom. The van der Waals surface area contributed by atoms with Gasteiger partial charge in [0.1, 0.15) is 11.5 Å². The van der Waals surface area contributed by atoms with E-state index < -0.39 is 5.78 Å². The third-order valence-corrected chi connectivity index (χ3v) is 3.00. The molecule has 0 unspecified atom stereocenters. The number of benzene rings is 2. The third-order valence-electron chi connectivity index (χ3n) is 3.00. The predicted octanol–water partition coefficient (Wildman–Crippen LogP) is 3.79. The van der Waals surface area contributed by atoms with Gasteiger partial charge in [-0.1, -0.05) is 29.8 Å². The highest BCUT2D eigenvalue weighted by atomic mass is 16.3. The number of allylic oxidation sites excluding steroid dienone is 1. The highest BCUT2D eigenvalue weighted by Gasteiger charge is 2.10. The van der Waals surface area contributed by atoms with Gasteiger partial charge in [0.15, 0.2) is 5.78 Å². The normalized spacial score (nSPS) is 11.4. The lowest BCUT2D eigenvalue weighted by molar-refractivity contribution is 0.104. The van der Waals surface area contributed by atoms with Crippen molar-refractivity contribution in [2.24, 2.45) is 0 Å². The van der Waals surface area contributed by atoms with Crippen molar-refractivity contribution in [3.63, 3.8) is 0 Å². The first-order valence-electron chi connectivity index (χ1n) is 6.29. The molecule has 3 heteroatoms. The molecule has 2 rings (SSSR count). The third kappa shape index (κ3) is 3.06. The van der Waals surface area contributed by atoms with Gasteiger partial charge in [-0.15, -0.1) is 0 Å². The van der Waals surface area contributed by atoms with Crippen LogP contribution in [0.2, 0.25) is 0 Å². The van der Waals surface area contributed by atoms with Crippen LogP contribution in [-0.2, 0) is 0 Å². The van der Waals surface area contributed by atoms with E-state index in [1.165, 1.54) is 6.07 Å². The number of rotatable bonds is 3. The first-order valence-corrected chi connectivity index (χ1v) is 6.29. The number of aryl methyl sites for hydroxylation is 2. The number of hydrogen-bond donors (Lipinski definition) is 2. The number of carbonyl (C=O) groups excluding carboxylic acids is 1. The van der Waals surface area contributed by atoms with Crippen LogP contribution in [-0.4, -0.2) is 16.0 Å². The highest BCUT2D eigenvalue weighted by molar-refractivity contribution is 6.09. The molecule has 102 valence electrons. The van der Waals surface area contributed by atoms with Crippen LogP contribution in [0.25, 0.3) is 5.76 Å². The fourth-order valence-electron chi connectivity index (χ4n) is 1.94. The van der Waals surface area contributed by atoms with Crippen molar-refractivity contribution >= 4 is 11.5 Å². The summed E-state index contributed by atoms with van der Waals surface area (Å²) in [5.74, 6) is -0.622. The van der Waals surface area contributed by atoms with Crippen LogP contribution in [0, 0.1) is 13.8 Å². The summed E-state index contributed by atoms with van der Waals surface area (Å²) in [7, 11) is 0. The highest BCUT2D eigenvalue weighted by Crippen LogP contribution is 2.21. The molecule has 0 aliphatic heterocycles. The lowest BCUT2D eigenvalue weighted by Crippen LogP contribution is -1.97. The molecule has 0 saturated carbocycles. The van der Waals surface area contributed by atoms with Crippen LogP contribution >= 0.6 is 0 Å². The van der Waals surface area contributed by atoms with E-state index in [-0.39, 0.29) is 17.1 Å². The molecule has 20 heavy (non-hydrogen) atoms. The Bertz CT molecular complexity index is 684.